The van der Waals surface area contributed by atoms with Crippen molar-refractivity contribution < 1.29 is 10.0 Å². The molecule has 0 fully saturated rings. The molecule has 25 heavy (non-hydrogen) atoms. The van der Waals surface area contributed by atoms with Gasteiger partial charge in [-0.05, 0) is 30.3 Å². The molecule has 1 N–H and O–H groups in total. The van der Waals surface area contributed by atoms with Gasteiger partial charge >= 0.3 is 5.69 Å². The second kappa shape index (κ2) is 4.41. The van der Waals surface area contributed by atoms with Crippen LogP contribution in [-0.2, 0) is 0 Å². The van der Waals surface area contributed by atoms with Gasteiger partial charge in [0, 0.05) is 16.2 Å². The van der Waals surface area contributed by atoms with Crippen molar-refractivity contribution in [2.75, 3.05) is 0 Å². The first kappa shape index (κ1) is 13.7. The summed E-state index contributed by atoms with van der Waals surface area (Å²) in [4.78, 5) is 28.3. The summed E-state index contributed by atoms with van der Waals surface area (Å²) in [6, 6.07) is 13.3. The Hall–Kier alpha value is -3.74. The molecule has 7 nitrogen and oxygen atoms in total. The molecule has 0 radical (unpaired) electrons. The molecule has 0 spiro atoms. The van der Waals surface area contributed by atoms with Crippen molar-refractivity contribution >= 4 is 43.9 Å². The smallest absolute Gasteiger partial charge is 0.318 e. The standard InChI is InChI=1S/C18H9N3O4/c22-14-8-11-15-9(16(14)21(24)25)4-3-5-10(15)18(23)20-13-7-2-1-6-12(13)19-17(11)20/h1-8,22H. The Balaban J connectivity index is 2.20. The first-order valence-corrected chi connectivity index (χ1v) is 7.53. The zero-order valence-electron chi connectivity index (χ0n) is 12.6. The number of hydrogen-bond acceptors (Lipinski definition) is 5. The first-order chi connectivity index (χ1) is 12.1. The Labute approximate surface area is 138 Å². The number of nitro groups is 1. The predicted molar refractivity (Wildman–Crippen MR) is 93.5 cm³/mol. The number of nitro benzene ring substituents is 1. The zero-order chi connectivity index (χ0) is 17.3. The average Bonchev–Trinajstić information content (AvgIpc) is 2.98. The van der Waals surface area contributed by atoms with Gasteiger partial charge in [-0.25, -0.2) is 4.98 Å². The molecule has 2 aromatic heterocycles. The molecule has 0 amide bonds. The van der Waals surface area contributed by atoms with E-state index in [9.17, 15) is 20.0 Å². The van der Waals surface area contributed by atoms with E-state index in [0.717, 1.165) is 0 Å². The molecule has 0 aliphatic rings. The Morgan fingerprint density at radius 2 is 1.80 bits per heavy atom. The maximum atomic E-state index is 13.0. The maximum absolute atomic E-state index is 13.0. The van der Waals surface area contributed by atoms with E-state index in [2.05, 4.69) is 4.98 Å². The number of hydrogen-bond donors (Lipinski definition) is 1. The van der Waals surface area contributed by atoms with Crippen LogP contribution in [-0.4, -0.2) is 19.4 Å². The van der Waals surface area contributed by atoms with Gasteiger partial charge in [-0.1, -0.05) is 18.2 Å². The number of benzene rings is 3. The highest BCUT2D eigenvalue weighted by molar-refractivity contribution is 6.19. The van der Waals surface area contributed by atoms with Gasteiger partial charge < -0.3 is 5.11 Å². The number of rotatable bonds is 1. The van der Waals surface area contributed by atoms with Crippen LogP contribution >= 0.6 is 0 Å². The first-order valence-electron chi connectivity index (χ1n) is 7.53. The summed E-state index contributed by atoms with van der Waals surface area (Å²) < 4.78 is 1.48. The fourth-order valence-corrected chi connectivity index (χ4v) is 3.53. The molecule has 3 aromatic carbocycles. The van der Waals surface area contributed by atoms with E-state index >= 15 is 0 Å². The third kappa shape index (κ3) is 1.59. The number of aromatic hydroxyl groups is 1. The average molecular weight is 331 g/mol. The quantitative estimate of drug-likeness (QED) is 0.376. The van der Waals surface area contributed by atoms with E-state index in [1.165, 1.54) is 16.5 Å². The van der Waals surface area contributed by atoms with Gasteiger partial charge in [0.05, 0.1) is 21.3 Å². The van der Waals surface area contributed by atoms with Gasteiger partial charge in [0.25, 0.3) is 5.56 Å². The summed E-state index contributed by atoms with van der Waals surface area (Å²) in [5.74, 6) is -0.447. The molecular weight excluding hydrogens is 322 g/mol. The fraction of sp³-hybridized carbons (Fsp3) is 0. The second-order valence-electron chi connectivity index (χ2n) is 5.84. The van der Waals surface area contributed by atoms with Gasteiger partial charge in [0.15, 0.2) is 5.75 Å². The summed E-state index contributed by atoms with van der Waals surface area (Å²) in [5, 5.41) is 23.1. The third-order valence-electron chi connectivity index (χ3n) is 4.53. The molecular formula is C18H9N3O4. The van der Waals surface area contributed by atoms with Crippen LogP contribution in [0.15, 0.2) is 53.3 Å². The molecule has 0 saturated heterocycles. The van der Waals surface area contributed by atoms with Crippen LogP contribution in [0.3, 0.4) is 0 Å². The lowest BCUT2D eigenvalue weighted by atomic mass is 10.0. The molecule has 0 atom stereocenters. The molecule has 0 unspecified atom stereocenters. The zero-order valence-corrected chi connectivity index (χ0v) is 12.6. The van der Waals surface area contributed by atoms with Crippen LogP contribution < -0.4 is 5.56 Å². The van der Waals surface area contributed by atoms with Gasteiger partial charge in [0.2, 0.25) is 0 Å². The molecule has 5 aromatic rings. The van der Waals surface area contributed by atoms with E-state index in [-0.39, 0.29) is 10.9 Å². The summed E-state index contributed by atoms with van der Waals surface area (Å²) in [6.45, 7) is 0. The van der Waals surface area contributed by atoms with E-state index in [1.54, 1.807) is 24.3 Å². The van der Waals surface area contributed by atoms with Crippen molar-refractivity contribution in [3.63, 3.8) is 0 Å². The number of aromatic nitrogens is 2. The van der Waals surface area contributed by atoms with Crippen molar-refractivity contribution in [2.24, 2.45) is 0 Å². The molecule has 0 aliphatic carbocycles. The lowest BCUT2D eigenvalue weighted by Crippen LogP contribution is -2.13. The number of imidazole rings is 1. The molecule has 5 rings (SSSR count). The van der Waals surface area contributed by atoms with Gasteiger partial charge in [-0.3, -0.25) is 19.3 Å². The lowest BCUT2D eigenvalue weighted by molar-refractivity contribution is -0.384. The third-order valence-corrected chi connectivity index (χ3v) is 4.53. The highest BCUT2D eigenvalue weighted by atomic mass is 16.6. The van der Waals surface area contributed by atoms with Crippen molar-refractivity contribution in [2.45, 2.75) is 0 Å². The van der Waals surface area contributed by atoms with Gasteiger partial charge in [-0.2, -0.15) is 0 Å². The molecule has 7 heteroatoms. The van der Waals surface area contributed by atoms with Crippen LogP contribution in [0.2, 0.25) is 0 Å². The largest absolute Gasteiger partial charge is 0.502 e. The summed E-state index contributed by atoms with van der Waals surface area (Å²) >= 11 is 0. The Bertz CT molecular complexity index is 1400. The minimum atomic E-state index is -0.639. The maximum Gasteiger partial charge on any atom is 0.318 e. The van der Waals surface area contributed by atoms with Crippen LogP contribution in [0.1, 0.15) is 0 Å². The van der Waals surface area contributed by atoms with E-state index < -0.39 is 16.4 Å². The molecule has 120 valence electrons. The van der Waals surface area contributed by atoms with Crippen molar-refractivity contribution in [3.05, 3.63) is 69.0 Å². The van der Waals surface area contributed by atoms with Crippen LogP contribution in [0.25, 0.3) is 38.2 Å². The summed E-state index contributed by atoms with van der Waals surface area (Å²) in [6.07, 6.45) is 0. The van der Waals surface area contributed by atoms with Crippen molar-refractivity contribution in [3.8, 4) is 5.75 Å². The SMILES string of the molecule is O=c1c2cccc3c([N+](=O)[O-])c(O)cc(c32)c2nc3ccccc3n12. The normalized spacial score (nSPS) is 11.8. The van der Waals surface area contributed by atoms with E-state index in [1.807, 2.05) is 12.1 Å². The van der Waals surface area contributed by atoms with Crippen LogP contribution in [0, 0.1) is 10.1 Å². The predicted octanol–water partition coefficient (Wildman–Crippen LogP) is 3.21. The number of pyridine rings is 1. The Kier molecular flexibility index (Phi) is 2.42. The molecule has 2 heterocycles. The number of phenols is 1. The fourth-order valence-electron chi connectivity index (χ4n) is 3.53. The summed E-state index contributed by atoms with van der Waals surface area (Å²) in [5.41, 5.74) is 0.979. The topological polar surface area (TPSA) is 97.7 Å². The van der Waals surface area contributed by atoms with Crippen LogP contribution in [0.5, 0.6) is 5.75 Å². The number of phenolic OH excluding ortho intramolecular Hbond substituents is 1. The van der Waals surface area contributed by atoms with E-state index in [4.69, 9.17) is 0 Å². The van der Waals surface area contributed by atoms with Gasteiger partial charge in [0.1, 0.15) is 5.65 Å². The summed E-state index contributed by atoms with van der Waals surface area (Å²) in [7, 11) is 0. The highest BCUT2D eigenvalue weighted by Crippen LogP contribution is 2.40. The number of fused-ring (bicyclic) bond motifs is 4. The minimum Gasteiger partial charge on any atom is -0.502 e. The van der Waals surface area contributed by atoms with Crippen molar-refractivity contribution in [1.29, 1.82) is 0 Å². The number of para-hydroxylation sites is 2. The number of nitrogens with zero attached hydrogens (tertiary/aromatic N) is 3. The molecule has 0 aliphatic heterocycles. The minimum absolute atomic E-state index is 0.226. The van der Waals surface area contributed by atoms with Crippen LogP contribution in [0.4, 0.5) is 5.69 Å². The molecule has 0 bridgehead atoms. The Morgan fingerprint density at radius 1 is 1.04 bits per heavy atom. The molecule has 0 saturated carbocycles. The lowest BCUT2D eigenvalue weighted by Gasteiger charge is -2.08. The van der Waals surface area contributed by atoms with E-state index in [0.29, 0.717) is 32.8 Å². The second-order valence-corrected chi connectivity index (χ2v) is 5.84. The monoisotopic (exact) mass is 331 g/mol. The van der Waals surface area contributed by atoms with Gasteiger partial charge in [-0.15, -0.1) is 0 Å². The highest BCUT2D eigenvalue weighted by Gasteiger charge is 2.24. The Morgan fingerprint density at radius 3 is 2.60 bits per heavy atom. The van der Waals surface area contributed by atoms with Crippen molar-refractivity contribution in [1.82, 2.24) is 9.38 Å².